The number of rotatable bonds is 4. The van der Waals surface area contributed by atoms with Gasteiger partial charge in [0.2, 0.25) is 11.8 Å². The molecule has 25 heavy (non-hydrogen) atoms. The third-order valence-corrected chi connectivity index (χ3v) is 5.22. The predicted octanol–water partition coefficient (Wildman–Crippen LogP) is 1.41. The van der Waals surface area contributed by atoms with Gasteiger partial charge >= 0.3 is 0 Å². The highest BCUT2D eigenvalue weighted by atomic mass is 16.3. The molecule has 0 saturated carbocycles. The van der Waals surface area contributed by atoms with E-state index in [0.717, 1.165) is 31.4 Å². The van der Waals surface area contributed by atoms with Crippen LogP contribution < -0.4 is 5.32 Å². The number of likely N-dealkylation sites (tertiary alicyclic amines) is 1. The summed E-state index contributed by atoms with van der Waals surface area (Å²) in [6.45, 7) is 1.01. The van der Waals surface area contributed by atoms with Gasteiger partial charge in [-0.15, -0.1) is 0 Å². The second-order valence-corrected chi connectivity index (χ2v) is 6.80. The van der Waals surface area contributed by atoms with Crippen LogP contribution >= 0.6 is 0 Å². The molecule has 1 aliphatic heterocycles. The molecule has 1 fully saturated rings. The highest BCUT2D eigenvalue weighted by molar-refractivity contribution is 5.89. The monoisotopic (exact) mass is 342 g/mol. The number of H-pyrrole nitrogens is 1. The van der Waals surface area contributed by atoms with E-state index in [2.05, 4.69) is 15.5 Å². The molecule has 0 unspecified atom stereocenters. The van der Waals surface area contributed by atoms with Crippen molar-refractivity contribution in [2.75, 3.05) is 6.54 Å². The Kier molecular flexibility index (Phi) is 4.29. The number of hydrogen-bond acceptors (Lipinski definition) is 4. The van der Waals surface area contributed by atoms with Crippen LogP contribution in [0.15, 0.2) is 29.0 Å². The number of carbonyl (C=O) groups is 2. The quantitative estimate of drug-likeness (QED) is 0.879. The number of aromatic nitrogens is 2. The Labute approximate surface area is 145 Å². The zero-order valence-corrected chi connectivity index (χ0v) is 14.0. The van der Waals surface area contributed by atoms with E-state index in [9.17, 15) is 9.59 Å². The van der Waals surface area contributed by atoms with Gasteiger partial charge in [0, 0.05) is 24.6 Å². The number of amides is 2. The molecule has 2 amide bonds. The molecule has 1 aliphatic carbocycles. The topological polar surface area (TPSA) is 91.2 Å². The fourth-order valence-corrected chi connectivity index (χ4v) is 3.86. The highest BCUT2D eigenvalue weighted by Crippen LogP contribution is 2.28. The van der Waals surface area contributed by atoms with Gasteiger partial charge in [-0.25, -0.2) is 0 Å². The first kappa shape index (κ1) is 15.9. The molecule has 1 saturated heterocycles. The summed E-state index contributed by atoms with van der Waals surface area (Å²) in [7, 11) is 0. The standard InChI is InChI=1S/C18H22N4O3/c23-17(19-11-14-3-2-8-25-14)16-4-1-7-22(16)18(24)12-5-6-13-10-20-21-15(13)9-12/h2-3,8,10,12,16H,1,4-7,9,11H2,(H,19,23)(H,20,21)/t12-,16-/m1/s1. The maximum atomic E-state index is 13.0. The third-order valence-electron chi connectivity index (χ3n) is 5.22. The minimum atomic E-state index is -0.370. The van der Waals surface area contributed by atoms with Crippen LogP contribution in [0, 0.1) is 5.92 Å². The van der Waals surface area contributed by atoms with Crippen molar-refractivity contribution in [3.8, 4) is 0 Å². The summed E-state index contributed by atoms with van der Waals surface area (Å²) >= 11 is 0. The van der Waals surface area contributed by atoms with E-state index >= 15 is 0 Å². The van der Waals surface area contributed by atoms with Gasteiger partial charge in [0.25, 0.3) is 0 Å². The summed E-state index contributed by atoms with van der Waals surface area (Å²) in [6, 6.07) is 3.24. The minimum Gasteiger partial charge on any atom is -0.467 e. The Balaban J connectivity index is 1.39. The van der Waals surface area contributed by atoms with Crippen molar-refractivity contribution < 1.29 is 14.0 Å². The van der Waals surface area contributed by atoms with Gasteiger partial charge in [-0.05, 0) is 43.4 Å². The number of hydrogen-bond donors (Lipinski definition) is 2. The lowest BCUT2D eigenvalue weighted by Gasteiger charge is -2.29. The van der Waals surface area contributed by atoms with Crippen LogP contribution in [0.5, 0.6) is 0 Å². The summed E-state index contributed by atoms with van der Waals surface area (Å²) in [5, 5.41) is 9.94. The number of carbonyl (C=O) groups excluding carboxylic acids is 2. The molecule has 7 nitrogen and oxygen atoms in total. The van der Waals surface area contributed by atoms with Crippen molar-refractivity contribution in [2.45, 2.75) is 44.7 Å². The van der Waals surface area contributed by atoms with E-state index in [1.54, 1.807) is 17.2 Å². The van der Waals surface area contributed by atoms with E-state index in [1.807, 2.05) is 12.3 Å². The molecule has 0 spiro atoms. The molecule has 3 heterocycles. The van der Waals surface area contributed by atoms with Crippen LogP contribution in [0.25, 0.3) is 0 Å². The minimum absolute atomic E-state index is 0.0635. The summed E-state index contributed by atoms with van der Waals surface area (Å²) < 4.78 is 5.24. The molecule has 2 aliphatic rings. The molecule has 2 aromatic rings. The largest absolute Gasteiger partial charge is 0.467 e. The Hall–Kier alpha value is -2.57. The summed E-state index contributed by atoms with van der Waals surface area (Å²) in [5.41, 5.74) is 2.26. The van der Waals surface area contributed by atoms with Crippen LogP contribution in [0.3, 0.4) is 0 Å². The predicted molar refractivity (Wildman–Crippen MR) is 89.4 cm³/mol. The molecule has 2 aromatic heterocycles. The third kappa shape index (κ3) is 3.18. The van der Waals surface area contributed by atoms with Crippen molar-refractivity contribution in [3.05, 3.63) is 41.6 Å². The number of nitrogens with zero attached hydrogens (tertiary/aromatic N) is 2. The molecule has 132 valence electrons. The van der Waals surface area contributed by atoms with E-state index in [4.69, 9.17) is 4.42 Å². The van der Waals surface area contributed by atoms with Crippen LogP contribution in [-0.4, -0.2) is 39.5 Å². The first-order valence-electron chi connectivity index (χ1n) is 8.84. The number of fused-ring (bicyclic) bond motifs is 1. The van der Waals surface area contributed by atoms with Gasteiger partial charge in [0.15, 0.2) is 0 Å². The Bertz CT molecular complexity index is 752. The first-order chi connectivity index (χ1) is 12.2. The van der Waals surface area contributed by atoms with Crippen LogP contribution in [0.2, 0.25) is 0 Å². The number of nitrogens with one attached hydrogen (secondary N) is 2. The first-order valence-corrected chi connectivity index (χ1v) is 8.84. The molecule has 0 bridgehead atoms. The van der Waals surface area contributed by atoms with Crippen molar-refractivity contribution in [1.82, 2.24) is 20.4 Å². The number of aromatic amines is 1. The zero-order valence-electron chi connectivity index (χ0n) is 14.0. The van der Waals surface area contributed by atoms with Gasteiger partial charge < -0.3 is 14.6 Å². The van der Waals surface area contributed by atoms with Gasteiger partial charge in [-0.2, -0.15) is 5.10 Å². The number of furan rings is 1. The Morgan fingerprint density at radius 2 is 2.32 bits per heavy atom. The SMILES string of the molecule is O=C(NCc1ccco1)[C@H]1CCCN1C(=O)[C@@H]1CCc2cn[nH]c2C1. The van der Waals surface area contributed by atoms with Gasteiger partial charge in [0.05, 0.1) is 19.0 Å². The van der Waals surface area contributed by atoms with Crippen LogP contribution in [-0.2, 0) is 29.0 Å². The fraction of sp³-hybridized carbons (Fsp3) is 0.500. The number of aryl methyl sites for hydroxylation is 1. The van der Waals surface area contributed by atoms with E-state index < -0.39 is 0 Å². The van der Waals surface area contributed by atoms with Gasteiger partial charge in [-0.1, -0.05) is 0 Å². The summed E-state index contributed by atoms with van der Waals surface area (Å²) in [6.07, 6.45) is 7.39. The molecule has 7 heteroatoms. The van der Waals surface area contributed by atoms with Crippen molar-refractivity contribution >= 4 is 11.8 Å². The molecular formula is C18H22N4O3. The lowest BCUT2D eigenvalue weighted by atomic mass is 9.87. The van der Waals surface area contributed by atoms with Crippen molar-refractivity contribution in [2.24, 2.45) is 5.92 Å². The Morgan fingerprint density at radius 3 is 3.16 bits per heavy atom. The fourth-order valence-electron chi connectivity index (χ4n) is 3.86. The molecular weight excluding hydrogens is 320 g/mol. The smallest absolute Gasteiger partial charge is 0.243 e. The lowest BCUT2D eigenvalue weighted by molar-refractivity contribution is -0.142. The normalized spacial score (nSPS) is 22.6. The average molecular weight is 342 g/mol. The van der Waals surface area contributed by atoms with E-state index in [-0.39, 0.29) is 23.8 Å². The molecule has 2 atom stereocenters. The highest BCUT2D eigenvalue weighted by Gasteiger charge is 2.38. The second-order valence-electron chi connectivity index (χ2n) is 6.80. The Morgan fingerprint density at radius 1 is 1.40 bits per heavy atom. The van der Waals surface area contributed by atoms with Crippen molar-refractivity contribution in [1.29, 1.82) is 0 Å². The van der Waals surface area contributed by atoms with E-state index in [0.29, 0.717) is 25.3 Å². The maximum absolute atomic E-state index is 13.0. The zero-order chi connectivity index (χ0) is 17.2. The van der Waals surface area contributed by atoms with Gasteiger partial charge in [-0.3, -0.25) is 14.7 Å². The van der Waals surface area contributed by atoms with Gasteiger partial charge in [0.1, 0.15) is 11.8 Å². The average Bonchev–Trinajstić information content (AvgIpc) is 3.39. The summed E-state index contributed by atoms with van der Waals surface area (Å²) in [4.78, 5) is 27.3. The maximum Gasteiger partial charge on any atom is 0.243 e. The molecule has 2 N–H and O–H groups in total. The molecule has 0 aromatic carbocycles. The van der Waals surface area contributed by atoms with E-state index in [1.165, 1.54) is 5.56 Å². The summed E-state index contributed by atoms with van der Waals surface area (Å²) in [5.74, 6) is 0.644. The second kappa shape index (κ2) is 6.74. The lowest BCUT2D eigenvalue weighted by Crippen LogP contribution is -2.48. The molecule has 4 rings (SSSR count). The van der Waals surface area contributed by atoms with Crippen LogP contribution in [0.4, 0.5) is 0 Å². The molecule has 0 radical (unpaired) electrons. The van der Waals surface area contributed by atoms with Crippen molar-refractivity contribution in [3.63, 3.8) is 0 Å². The van der Waals surface area contributed by atoms with Crippen LogP contribution in [0.1, 0.15) is 36.3 Å².